The zero-order valence-corrected chi connectivity index (χ0v) is 17.8. The quantitative estimate of drug-likeness (QED) is 0.462. The maximum absolute atomic E-state index is 13.2. The molecule has 2 aromatic carbocycles. The van der Waals surface area contributed by atoms with Gasteiger partial charge in [0.25, 0.3) is 5.91 Å². The SMILES string of the molecule is COc1ccc2nc(NC(=O)c3ccccc3C(=O)c3ccc4c(c3)OCCO4)sc2n1. The average molecular weight is 447 g/mol. The smallest absolute Gasteiger partial charge is 0.258 e. The first kappa shape index (κ1) is 20.0. The number of ketones is 1. The van der Waals surface area contributed by atoms with Gasteiger partial charge in [-0.2, -0.15) is 0 Å². The average Bonchev–Trinajstić information content (AvgIpc) is 3.24. The number of carbonyl (C=O) groups excluding carboxylic acids is 2. The number of hydrogen-bond donors (Lipinski definition) is 1. The molecule has 0 radical (unpaired) electrons. The number of pyridine rings is 1. The van der Waals surface area contributed by atoms with Gasteiger partial charge in [-0.25, -0.2) is 9.97 Å². The van der Waals surface area contributed by atoms with E-state index in [-0.39, 0.29) is 16.9 Å². The lowest BCUT2D eigenvalue weighted by Gasteiger charge is -2.18. The minimum absolute atomic E-state index is 0.247. The van der Waals surface area contributed by atoms with Crippen molar-refractivity contribution in [3.05, 3.63) is 71.3 Å². The minimum Gasteiger partial charge on any atom is -0.486 e. The molecule has 0 saturated carbocycles. The number of anilines is 1. The van der Waals surface area contributed by atoms with Crippen molar-refractivity contribution in [3.63, 3.8) is 0 Å². The fraction of sp³-hybridized carbons (Fsp3) is 0.130. The first-order valence-electron chi connectivity index (χ1n) is 9.78. The number of carbonyl (C=O) groups is 2. The van der Waals surface area contributed by atoms with Crippen LogP contribution in [0.2, 0.25) is 0 Å². The molecule has 0 atom stereocenters. The van der Waals surface area contributed by atoms with Gasteiger partial charge in [0.15, 0.2) is 22.4 Å². The van der Waals surface area contributed by atoms with Crippen LogP contribution >= 0.6 is 11.3 Å². The zero-order valence-electron chi connectivity index (χ0n) is 17.0. The number of methoxy groups -OCH3 is 1. The molecule has 160 valence electrons. The molecular formula is C23H17N3O5S. The Bertz CT molecular complexity index is 1350. The Morgan fingerprint density at radius 1 is 0.969 bits per heavy atom. The summed E-state index contributed by atoms with van der Waals surface area (Å²) in [6, 6.07) is 15.1. The molecule has 1 aliphatic rings. The van der Waals surface area contributed by atoms with Crippen LogP contribution in [0.25, 0.3) is 10.3 Å². The molecule has 9 heteroatoms. The number of amides is 1. The molecule has 0 saturated heterocycles. The topological polar surface area (TPSA) is 99.6 Å². The molecule has 3 heterocycles. The summed E-state index contributed by atoms with van der Waals surface area (Å²) in [5.74, 6) is 0.858. The van der Waals surface area contributed by atoms with Crippen molar-refractivity contribution in [2.24, 2.45) is 0 Å². The Morgan fingerprint density at radius 3 is 2.56 bits per heavy atom. The molecule has 32 heavy (non-hydrogen) atoms. The number of benzene rings is 2. The van der Waals surface area contributed by atoms with Crippen LogP contribution in [-0.4, -0.2) is 42.0 Å². The van der Waals surface area contributed by atoms with Crippen LogP contribution in [0.15, 0.2) is 54.6 Å². The van der Waals surface area contributed by atoms with E-state index >= 15 is 0 Å². The fourth-order valence-electron chi connectivity index (χ4n) is 3.35. The van der Waals surface area contributed by atoms with E-state index in [1.807, 2.05) is 0 Å². The Balaban J connectivity index is 1.43. The number of thiazole rings is 1. The second kappa shape index (κ2) is 8.27. The molecular weight excluding hydrogens is 430 g/mol. The van der Waals surface area contributed by atoms with Crippen molar-refractivity contribution in [2.75, 3.05) is 25.6 Å². The first-order chi connectivity index (χ1) is 15.6. The van der Waals surface area contributed by atoms with E-state index in [1.54, 1.807) is 54.6 Å². The third-order valence-corrected chi connectivity index (χ3v) is 5.76. The second-order valence-corrected chi connectivity index (χ2v) is 7.86. The molecule has 1 amide bonds. The summed E-state index contributed by atoms with van der Waals surface area (Å²) in [5, 5.41) is 3.15. The van der Waals surface area contributed by atoms with Gasteiger partial charge in [-0.1, -0.05) is 29.5 Å². The standard InChI is InChI=1S/C23H17N3O5S/c1-29-19-9-7-16-22(25-19)32-23(24-16)26-21(28)15-5-3-2-4-14(15)20(27)13-6-8-17-18(12-13)31-11-10-30-17/h2-9,12H,10-11H2,1H3,(H,24,26,28). The molecule has 0 spiro atoms. The van der Waals surface area contributed by atoms with Gasteiger partial charge in [-0.3, -0.25) is 14.9 Å². The van der Waals surface area contributed by atoms with E-state index in [0.29, 0.717) is 51.6 Å². The lowest BCUT2D eigenvalue weighted by Crippen LogP contribution is -2.18. The number of fused-ring (bicyclic) bond motifs is 2. The van der Waals surface area contributed by atoms with E-state index in [4.69, 9.17) is 14.2 Å². The summed E-state index contributed by atoms with van der Waals surface area (Å²) in [7, 11) is 1.54. The molecule has 4 aromatic rings. The van der Waals surface area contributed by atoms with Crippen LogP contribution < -0.4 is 19.5 Å². The van der Waals surface area contributed by atoms with Crippen LogP contribution in [-0.2, 0) is 0 Å². The highest BCUT2D eigenvalue weighted by Gasteiger charge is 2.21. The number of nitrogens with one attached hydrogen (secondary N) is 1. The number of aromatic nitrogens is 2. The van der Waals surface area contributed by atoms with Crippen molar-refractivity contribution < 1.29 is 23.8 Å². The highest BCUT2D eigenvalue weighted by molar-refractivity contribution is 7.22. The van der Waals surface area contributed by atoms with Gasteiger partial charge in [0, 0.05) is 17.2 Å². The first-order valence-corrected chi connectivity index (χ1v) is 10.6. The van der Waals surface area contributed by atoms with Crippen molar-refractivity contribution in [1.82, 2.24) is 9.97 Å². The Hall–Kier alpha value is -3.98. The molecule has 0 fully saturated rings. The molecule has 2 aromatic heterocycles. The normalized spacial score (nSPS) is 12.4. The van der Waals surface area contributed by atoms with Crippen LogP contribution in [0.1, 0.15) is 26.3 Å². The van der Waals surface area contributed by atoms with Crippen LogP contribution in [0.4, 0.5) is 5.13 Å². The summed E-state index contributed by atoms with van der Waals surface area (Å²) in [4.78, 5) is 35.6. The van der Waals surface area contributed by atoms with Crippen LogP contribution in [0, 0.1) is 0 Å². The fourth-order valence-corrected chi connectivity index (χ4v) is 4.18. The van der Waals surface area contributed by atoms with Gasteiger partial charge in [-0.05, 0) is 30.3 Å². The lowest BCUT2D eigenvalue weighted by molar-refractivity contribution is 0.0996. The third-order valence-electron chi connectivity index (χ3n) is 4.88. The van der Waals surface area contributed by atoms with Crippen molar-refractivity contribution >= 4 is 38.5 Å². The highest BCUT2D eigenvalue weighted by atomic mass is 32.1. The zero-order chi connectivity index (χ0) is 22.1. The molecule has 8 nitrogen and oxygen atoms in total. The summed E-state index contributed by atoms with van der Waals surface area (Å²) in [6.07, 6.45) is 0. The lowest BCUT2D eigenvalue weighted by atomic mass is 9.97. The molecule has 0 bridgehead atoms. The number of hydrogen-bond acceptors (Lipinski definition) is 8. The molecule has 1 N–H and O–H groups in total. The van der Waals surface area contributed by atoms with Gasteiger partial charge in [0.1, 0.15) is 23.6 Å². The summed E-state index contributed by atoms with van der Waals surface area (Å²) in [6.45, 7) is 0.893. The maximum Gasteiger partial charge on any atom is 0.258 e. The summed E-state index contributed by atoms with van der Waals surface area (Å²) < 4.78 is 16.2. The second-order valence-electron chi connectivity index (χ2n) is 6.88. The number of nitrogens with zero attached hydrogens (tertiary/aromatic N) is 2. The molecule has 1 aliphatic heterocycles. The number of rotatable bonds is 5. The van der Waals surface area contributed by atoms with E-state index in [0.717, 1.165) is 0 Å². The van der Waals surface area contributed by atoms with Crippen molar-refractivity contribution in [1.29, 1.82) is 0 Å². The Morgan fingerprint density at radius 2 is 1.75 bits per heavy atom. The van der Waals surface area contributed by atoms with E-state index in [1.165, 1.54) is 18.4 Å². The Labute approximate surface area is 186 Å². The van der Waals surface area contributed by atoms with E-state index in [9.17, 15) is 9.59 Å². The minimum atomic E-state index is -0.433. The van der Waals surface area contributed by atoms with Crippen molar-refractivity contribution in [2.45, 2.75) is 0 Å². The maximum atomic E-state index is 13.2. The summed E-state index contributed by atoms with van der Waals surface area (Å²) in [5.41, 5.74) is 1.58. The van der Waals surface area contributed by atoms with Crippen LogP contribution in [0.3, 0.4) is 0 Å². The predicted octanol–water partition coefficient (Wildman–Crippen LogP) is 3.95. The largest absolute Gasteiger partial charge is 0.486 e. The molecule has 5 rings (SSSR count). The van der Waals surface area contributed by atoms with Gasteiger partial charge < -0.3 is 14.2 Å². The van der Waals surface area contributed by atoms with Crippen LogP contribution in [0.5, 0.6) is 17.4 Å². The third kappa shape index (κ3) is 3.74. The highest BCUT2D eigenvalue weighted by Crippen LogP contribution is 2.32. The van der Waals surface area contributed by atoms with E-state index < -0.39 is 5.91 Å². The van der Waals surface area contributed by atoms with Gasteiger partial charge >= 0.3 is 0 Å². The van der Waals surface area contributed by atoms with Gasteiger partial charge in [0.05, 0.1) is 12.7 Å². The van der Waals surface area contributed by atoms with E-state index in [2.05, 4.69) is 15.3 Å². The monoisotopic (exact) mass is 447 g/mol. The molecule has 0 unspecified atom stereocenters. The summed E-state index contributed by atoms with van der Waals surface area (Å²) >= 11 is 1.23. The predicted molar refractivity (Wildman–Crippen MR) is 119 cm³/mol. The van der Waals surface area contributed by atoms with Gasteiger partial charge in [-0.15, -0.1) is 0 Å². The molecule has 0 aliphatic carbocycles. The Kier molecular flexibility index (Phi) is 5.16. The number of ether oxygens (including phenoxy) is 3. The van der Waals surface area contributed by atoms with Crippen molar-refractivity contribution in [3.8, 4) is 17.4 Å². The van der Waals surface area contributed by atoms with Gasteiger partial charge in [0.2, 0.25) is 5.88 Å².